The summed E-state index contributed by atoms with van der Waals surface area (Å²) >= 11 is 0. The Kier molecular flexibility index (Phi) is 7.28. The standard InChI is InChI=1S/C25H35N3O3/c1-17-14-21(26)25-22(27-17)8-5-9-23(25)31-20-12-10-19(11-13-20)28-24(29)16-30-15-18-6-3-2-4-7-18/h5,8-9,14,18-20H,2-4,6-7,10-13,15-16H2,1H3,(H2,26,27)(H,28,29). The smallest absolute Gasteiger partial charge is 0.246 e. The van der Waals surface area contributed by atoms with Gasteiger partial charge in [-0.15, -0.1) is 0 Å². The zero-order chi connectivity index (χ0) is 21.6. The van der Waals surface area contributed by atoms with Crippen LogP contribution in [0.1, 0.15) is 63.5 Å². The number of hydrogen-bond acceptors (Lipinski definition) is 5. The van der Waals surface area contributed by atoms with Crippen LogP contribution in [0.25, 0.3) is 10.9 Å². The lowest BCUT2D eigenvalue weighted by Gasteiger charge is -2.30. The van der Waals surface area contributed by atoms with Gasteiger partial charge in [-0.1, -0.05) is 25.3 Å². The minimum Gasteiger partial charge on any atom is -0.490 e. The highest BCUT2D eigenvalue weighted by Gasteiger charge is 2.24. The maximum atomic E-state index is 12.2. The molecule has 0 saturated heterocycles. The van der Waals surface area contributed by atoms with Crippen molar-refractivity contribution in [3.63, 3.8) is 0 Å². The Hall–Kier alpha value is -2.34. The summed E-state index contributed by atoms with van der Waals surface area (Å²) in [7, 11) is 0. The molecule has 168 valence electrons. The average molecular weight is 426 g/mol. The summed E-state index contributed by atoms with van der Waals surface area (Å²) < 4.78 is 12.0. The van der Waals surface area contributed by atoms with Crippen molar-refractivity contribution in [1.82, 2.24) is 10.3 Å². The number of amides is 1. The number of nitrogens with zero attached hydrogens (tertiary/aromatic N) is 1. The van der Waals surface area contributed by atoms with E-state index in [1.54, 1.807) is 0 Å². The van der Waals surface area contributed by atoms with Gasteiger partial charge in [0.15, 0.2) is 0 Å². The fourth-order valence-electron chi connectivity index (χ4n) is 4.97. The van der Waals surface area contributed by atoms with Gasteiger partial charge in [0.1, 0.15) is 12.4 Å². The zero-order valence-corrected chi connectivity index (χ0v) is 18.6. The van der Waals surface area contributed by atoms with Crippen LogP contribution in [0.5, 0.6) is 5.75 Å². The first-order chi connectivity index (χ1) is 15.1. The lowest BCUT2D eigenvalue weighted by Crippen LogP contribution is -2.41. The summed E-state index contributed by atoms with van der Waals surface area (Å²) in [5.74, 6) is 1.44. The van der Waals surface area contributed by atoms with Crippen LogP contribution in [-0.4, -0.2) is 36.3 Å². The molecule has 0 spiro atoms. The Bertz CT molecular complexity index is 887. The lowest BCUT2D eigenvalue weighted by atomic mass is 9.90. The molecule has 2 aliphatic rings. The second kappa shape index (κ2) is 10.3. The molecule has 6 nitrogen and oxygen atoms in total. The number of fused-ring (bicyclic) bond motifs is 1. The van der Waals surface area contributed by atoms with Gasteiger partial charge in [0.2, 0.25) is 5.91 Å². The molecule has 0 aliphatic heterocycles. The van der Waals surface area contributed by atoms with Crippen LogP contribution < -0.4 is 15.8 Å². The Morgan fingerprint density at radius 1 is 1.13 bits per heavy atom. The van der Waals surface area contributed by atoms with Gasteiger partial charge in [0.25, 0.3) is 0 Å². The molecule has 1 aromatic heterocycles. The van der Waals surface area contributed by atoms with Crippen LogP contribution in [0.2, 0.25) is 0 Å². The molecule has 3 N–H and O–H groups in total. The zero-order valence-electron chi connectivity index (χ0n) is 18.6. The Balaban J connectivity index is 1.22. The van der Waals surface area contributed by atoms with Crippen molar-refractivity contribution in [2.24, 2.45) is 5.92 Å². The first-order valence-electron chi connectivity index (χ1n) is 11.8. The average Bonchev–Trinajstić information content (AvgIpc) is 2.75. The van der Waals surface area contributed by atoms with Crippen molar-refractivity contribution in [3.8, 4) is 5.75 Å². The maximum absolute atomic E-state index is 12.2. The molecule has 2 aliphatic carbocycles. The lowest BCUT2D eigenvalue weighted by molar-refractivity contribution is -0.127. The normalized spacial score (nSPS) is 22.4. The van der Waals surface area contributed by atoms with E-state index in [-0.39, 0.29) is 24.7 Å². The highest BCUT2D eigenvalue weighted by Crippen LogP contribution is 2.33. The second-order valence-corrected chi connectivity index (χ2v) is 9.18. The van der Waals surface area contributed by atoms with E-state index in [1.807, 2.05) is 31.2 Å². The number of ether oxygens (including phenoxy) is 2. The molecule has 0 bridgehead atoms. The van der Waals surface area contributed by atoms with Crippen molar-refractivity contribution in [3.05, 3.63) is 30.0 Å². The molecule has 1 heterocycles. The van der Waals surface area contributed by atoms with E-state index in [0.717, 1.165) is 54.6 Å². The summed E-state index contributed by atoms with van der Waals surface area (Å²) in [6, 6.07) is 7.98. The number of carbonyl (C=O) groups is 1. The summed E-state index contributed by atoms with van der Waals surface area (Å²) in [6.07, 6.45) is 10.2. The first kappa shape index (κ1) is 21.9. The number of nitrogens with one attached hydrogen (secondary N) is 1. The third-order valence-electron chi connectivity index (χ3n) is 6.60. The third kappa shape index (κ3) is 5.88. The van der Waals surface area contributed by atoms with Crippen LogP contribution in [0, 0.1) is 12.8 Å². The topological polar surface area (TPSA) is 86.5 Å². The van der Waals surface area contributed by atoms with E-state index in [9.17, 15) is 4.79 Å². The Morgan fingerprint density at radius 3 is 2.68 bits per heavy atom. The molecule has 1 amide bonds. The molecule has 2 fully saturated rings. The number of aryl methyl sites for hydroxylation is 1. The molecule has 0 unspecified atom stereocenters. The monoisotopic (exact) mass is 425 g/mol. The van der Waals surface area contributed by atoms with Gasteiger partial charge in [-0.2, -0.15) is 0 Å². The SMILES string of the molecule is Cc1cc(N)c2c(OC3CCC(NC(=O)COCC4CCCCC4)CC3)cccc2n1. The molecule has 31 heavy (non-hydrogen) atoms. The van der Waals surface area contributed by atoms with Crippen molar-refractivity contribution in [1.29, 1.82) is 0 Å². The van der Waals surface area contributed by atoms with E-state index in [4.69, 9.17) is 15.2 Å². The second-order valence-electron chi connectivity index (χ2n) is 9.18. The van der Waals surface area contributed by atoms with Crippen LogP contribution >= 0.6 is 0 Å². The van der Waals surface area contributed by atoms with Gasteiger partial charge in [0, 0.05) is 17.4 Å². The molecule has 6 heteroatoms. The molecular weight excluding hydrogens is 390 g/mol. The molecule has 2 aromatic rings. The predicted octanol–water partition coefficient (Wildman–Crippen LogP) is 4.53. The van der Waals surface area contributed by atoms with Crippen molar-refractivity contribution >= 4 is 22.5 Å². The number of anilines is 1. The van der Waals surface area contributed by atoms with E-state index in [2.05, 4.69) is 10.3 Å². The summed E-state index contributed by atoms with van der Waals surface area (Å²) in [5.41, 5.74) is 8.72. The van der Waals surface area contributed by atoms with Gasteiger partial charge in [-0.05, 0) is 69.6 Å². The Morgan fingerprint density at radius 2 is 1.90 bits per heavy atom. The van der Waals surface area contributed by atoms with Gasteiger partial charge < -0.3 is 20.5 Å². The molecule has 4 rings (SSSR count). The van der Waals surface area contributed by atoms with Crippen molar-refractivity contribution in [2.45, 2.75) is 76.9 Å². The molecule has 0 atom stereocenters. The Labute approximate surface area is 184 Å². The number of benzene rings is 1. The van der Waals surface area contributed by atoms with E-state index in [0.29, 0.717) is 11.6 Å². The largest absolute Gasteiger partial charge is 0.490 e. The van der Waals surface area contributed by atoms with Gasteiger partial charge in [0.05, 0.1) is 23.6 Å². The number of aromatic nitrogens is 1. The fourth-order valence-corrected chi connectivity index (χ4v) is 4.97. The number of pyridine rings is 1. The highest BCUT2D eigenvalue weighted by molar-refractivity contribution is 5.95. The maximum Gasteiger partial charge on any atom is 0.246 e. The van der Waals surface area contributed by atoms with E-state index < -0.39 is 0 Å². The third-order valence-corrected chi connectivity index (χ3v) is 6.60. The van der Waals surface area contributed by atoms with Crippen LogP contribution in [-0.2, 0) is 9.53 Å². The van der Waals surface area contributed by atoms with Gasteiger partial charge >= 0.3 is 0 Å². The van der Waals surface area contributed by atoms with Crippen LogP contribution in [0.3, 0.4) is 0 Å². The van der Waals surface area contributed by atoms with E-state index in [1.165, 1.54) is 32.1 Å². The molecular formula is C25H35N3O3. The number of nitrogen functional groups attached to an aromatic ring is 1. The number of hydrogen-bond donors (Lipinski definition) is 2. The fraction of sp³-hybridized carbons (Fsp3) is 0.600. The molecule has 1 aromatic carbocycles. The van der Waals surface area contributed by atoms with Gasteiger partial charge in [-0.25, -0.2) is 0 Å². The number of nitrogens with two attached hydrogens (primary N) is 1. The molecule has 2 saturated carbocycles. The van der Waals surface area contributed by atoms with E-state index >= 15 is 0 Å². The van der Waals surface area contributed by atoms with Crippen LogP contribution in [0.4, 0.5) is 5.69 Å². The number of carbonyl (C=O) groups excluding carboxylic acids is 1. The van der Waals surface area contributed by atoms with Crippen molar-refractivity contribution < 1.29 is 14.3 Å². The van der Waals surface area contributed by atoms with Gasteiger partial charge in [-0.3, -0.25) is 9.78 Å². The summed E-state index contributed by atoms with van der Waals surface area (Å²) in [5, 5.41) is 4.02. The molecule has 0 radical (unpaired) electrons. The first-order valence-corrected chi connectivity index (χ1v) is 11.8. The summed E-state index contributed by atoms with van der Waals surface area (Å²) in [4.78, 5) is 16.8. The minimum atomic E-state index is 0.00319. The minimum absolute atomic E-state index is 0.00319. The predicted molar refractivity (Wildman–Crippen MR) is 123 cm³/mol. The summed E-state index contributed by atoms with van der Waals surface area (Å²) in [6.45, 7) is 2.84. The quantitative estimate of drug-likeness (QED) is 0.681. The van der Waals surface area contributed by atoms with Crippen molar-refractivity contribution in [2.75, 3.05) is 18.9 Å². The van der Waals surface area contributed by atoms with Crippen LogP contribution in [0.15, 0.2) is 24.3 Å². The highest BCUT2D eigenvalue weighted by atomic mass is 16.5. The number of rotatable bonds is 7.